The first kappa shape index (κ1) is 19.0. The zero-order valence-electron chi connectivity index (χ0n) is 16.3. The van der Waals surface area contributed by atoms with Gasteiger partial charge >= 0.3 is 6.18 Å². The first-order valence-electron chi connectivity index (χ1n) is 9.87. The first-order valence-corrected chi connectivity index (χ1v) is 9.87. The molecule has 150 valence electrons. The van der Waals surface area contributed by atoms with E-state index in [2.05, 4.69) is 9.88 Å². The molecule has 1 aromatic heterocycles. The maximum Gasteiger partial charge on any atom is 0.416 e. The van der Waals surface area contributed by atoms with Gasteiger partial charge in [0, 0.05) is 37.8 Å². The van der Waals surface area contributed by atoms with Crippen molar-refractivity contribution in [1.29, 1.82) is 0 Å². The van der Waals surface area contributed by atoms with Crippen molar-refractivity contribution < 1.29 is 13.2 Å². The van der Waals surface area contributed by atoms with E-state index in [1.54, 1.807) is 6.07 Å². The highest BCUT2D eigenvalue weighted by Crippen LogP contribution is 2.39. The maximum atomic E-state index is 13.2. The maximum absolute atomic E-state index is 13.2. The van der Waals surface area contributed by atoms with Crippen molar-refractivity contribution in [2.75, 3.05) is 30.4 Å². The van der Waals surface area contributed by atoms with Crippen molar-refractivity contribution in [3.05, 3.63) is 35.4 Å². The molecule has 1 aromatic carbocycles. The van der Waals surface area contributed by atoms with E-state index in [1.807, 2.05) is 19.0 Å². The Morgan fingerprint density at radius 1 is 1.07 bits per heavy atom. The van der Waals surface area contributed by atoms with Crippen LogP contribution in [0.2, 0.25) is 0 Å². The molecule has 2 aromatic rings. The molecule has 2 heterocycles. The zero-order valence-corrected chi connectivity index (χ0v) is 16.3. The lowest BCUT2D eigenvalue weighted by molar-refractivity contribution is -0.137. The van der Waals surface area contributed by atoms with Gasteiger partial charge in [-0.15, -0.1) is 0 Å². The number of halogens is 3. The second kappa shape index (κ2) is 7.26. The minimum absolute atomic E-state index is 0.358. The highest BCUT2D eigenvalue weighted by molar-refractivity contribution is 5.70. The van der Waals surface area contributed by atoms with Gasteiger partial charge in [0.2, 0.25) is 0 Å². The standard InChI is InChI=1S/C21H25F3N4/c1-27(2)19-17-11-12-28(16-9-4-3-5-10-16)20(17)26-18(25-19)14-7-6-8-15(13-14)21(22,23)24/h6-8,13,16H,3-5,9-12H2,1-2H3. The molecule has 28 heavy (non-hydrogen) atoms. The van der Waals surface area contributed by atoms with Crippen molar-refractivity contribution in [3.63, 3.8) is 0 Å². The van der Waals surface area contributed by atoms with Crippen LogP contribution in [-0.4, -0.2) is 36.6 Å². The fraction of sp³-hybridized carbons (Fsp3) is 0.524. The van der Waals surface area contributed by atoms with Crippen LogP contribution in [0.4, 0.5) is 24.8 Å². The van der Waals surface area contributed by atoms with Crippen molar-refractivity contribution >= 4 is 11.6 Å². The summed E-state index contributed by atoms with van der Waals surface area (Å²) in [6, 6.07) is 5.76. The molecule has 0 bridgehead atoms. The second-order valence-corrected chi connectivity index (χ2v) is 7.88. The van der Waals surface area contributed by atoms with E-state index in [9.17, 15) is 13.2 Å². The molecule has 0 spiro atoms. The van der Waals surface area contributed by atoms with Gasteiger partial charge in [0.05, 0.1) is 5.56 Å². The molecule has 4 nitrogen and oxygen atoms in total. The lowest BCUT2D eigenvalue weighted by atomic mass is 9.94. The average molecular weight is 390 g/mol. The zero-order chi connectivity index (χ0) is 19.9. The molecule has 1 fully saturated rings. The summed E-state index contributed by atoms with van der Waals surface area (Å²) in [7, 11) is 3.84. The molecule has 2 aliphatic rings. The number of alkyl halides is 3. The monoisotopic (exact) mass is 390 g/mol. The van der Waals surface area contributed by atoms with Crippen LogP contribution in [0, 0.1) is 0 Å². The lowest BCUT2D eigenvalue weighted by Crippen LogP contribution is -2.35. The molecule has 1 aliphatic heterocycles. The molecule has 0 N–H and O–H groups in total. The fourth-order valence-corrected chi connectivity index (χ4v) is 4.34. The number of hydrogen-bond donors (Lipinski definition) is 0. The molecule has 0 radical (unpaired) electrons. The van der Waals surface area contributed by atoms with Crippen LogP contribution in [0.25, 0.3) is 11.4 Å². The third kappa shape index (κ3) is 3.54. The van der Waals surface area contributed by atoms with Crippen molar-refractivity contribution in [2.24, 2.45) is 0 Å². The van der Waals surface area contributed by atoms with E-state index < -0.39 is 11.7 Å². The van der Waals surface area contributed by atoms with Gasteiger partial charge in [0.1, 0.15) is 11.6 Å². The number of aromatic nitrogens is 2. The van der Waals surface area contributed by atoms with Gasteiger partial charge in [-0.1, -0.05) is 31.4 Å². The van der Waals surface area contributed by atoms with E-state index in [4.69, 9.17) is 4.98 Å². The van der Waals surface area contributed by atoms with Gasteiger partial charge in [-0.2, -0.15) is 13.2 Å². The topological polar surface area (TPSA) is 32.3 Å². The van der Waals surface area contributed by atoms with Gasteiger partial charge < -0.3 is 9.80 Å². The Labute approximate surface area is 163 Å². The average Bonchev–Trinajstić information content (AvgIpc) is 3.11. The second-order valence-electron chi connectivity index (χ2n) is 7.88. The number of nitrogens with zero attached hydrogens (tertiary/aromatic N) is 4. The van der Waals surface area contributed by atoms with Gasteiger partial charge in [0.25, 0.3) is 0 Å². The van der Waals surface area contributed by atoms with Crippen molar-refractivity contribution in [1.82, 2.24) is 9.97 Å². The summed E-state index contributed by atoms with van der Waals surface area (Å²) in [6.45, 7) is 0.904. The highest BCUT2D eigenvalue weighted by atomic mass is 19.4. The Hall–Kier alpha value is -2.31. The van der Waals surface area contributed by atoms with E-state index >= 15 is 0 Å². The normalized spacial score (nSPS) is 17.7. The summed E-state index contributed by atoms with van der Waals surface area (Å²) in [5, 5.41) is 0. The van der Waals surface area contributed by atoms with Gasteiger partial charge in [-0.05, 0) is 31.4 Å². The molecule has 0 saturated heterocycles. The highest BCUT2D eigenvalue weighted by Gasteiger charge is 2.33. The largest absolute Gasteiger partial charge is 0.416 e. The molecule has 0 atom stereocenters. The quantitative estimate of drug-likeness (QED) is 0.744. The van der Waals surface area contributed by atoms with E-state index in [-0.39, 0.29) is 0 Å². The van der Waals surface area contributed by atoms with E-state index in [0.717, 1.165) is 55.1 Å². The Morgan fingerprint density at radius 2 is 1.82 bits per heavy atom. The minimum atomic E-state index is -4.38. The molecule has 0 amide bonds. The predicted molar refractivity (Wildman–Crippen MR) is 105 cm³/mol. The number of hydrogen-bond acceptors (Lipinski definition) is 4. The third-order valence-electron chi connectivity index (χ3n) is 5.73. The van der Waals surface area contributed by atoms with Gasteiger partial charge in [-0.3, -0.25) is 0 Å². The van der Waals surface area contributed by atoms with Crippen molar-refractivity contribution in [2.45, 2.75) is 50.7 Å². The van der Waals surface area contributed by atoms with Crippen LogP contribution in [0.1, 0.15) is 43.2 Å². The van der Waals surface area contributed by atoms with Crippen LogP contribution < -0.4 is 9.80 Å². The van der Waals surface area contributed by atoms with E-state index in [0.29, 0.717) is 17.4 Å². The number of rotatable bonds is 3. The molecule has 4 rings (SSSR count). The van der Waals surface area contributed by atoms with Crippen LogP contribution in [0.3, 0.4) is 0 Å². The molecule has 0 unspecified atom stereocenters. The lowest BCUT2D eigenvalue weighted by Gasteiger charge is -2.32. The summed E-state index contributed by atoms with van der Waals surface area (Å²) in [6.07, 6.45) is 2.53. The van der Waals surface area contributed by atoms with Crippen LogP contribution in [-0.2, 0) is 12.6 Å². The molecular formula is C21H25F3N4. The summed E-state index contributed by atoms with van der Waals surface area (Å²) in [5.74, 6) is 2.06. The molecular weight excluding hydrogens is 365 g/mol. The Kier molecular flexibility index (Phi) is 4.93. The summed E-state index contributed by atoms with van der Waals surface area (Å²) >= 11 is 0. The number of fused-ring (bicyclic) bond motifs is 1. The SMILES string of the molecule is CN(C)c1nc(-c2cccc(C(F)(F)F)c2)nc2c1CCN2C1CCCCC1. The van der Waals surface area contributed by atoms with Crippen LogP contribution >= 0.6 is 0 Å². The predicted octanol–water partition coefficient (Wildman–Crippen LogP) is 4.92. The fourth-order valence-electron chi connectivity index (χ4n) is 4.34. The summed E-state index contributed by atoms with van der Waals surface area (Å²) in [4.78, 5) is 13.7. The van der Waals surface area contributed by atoms with Gasteiger partial charge in [-0.25, -0.2) is 9.97 Å². The third-order valence-corrected chi connectivity index (χ3v) is 5.73. The molecule has 1 aliphatic carbocycles. The first-order chi connectivity index (χ1) is 13.3. The van der Waals surface area contributed by atoms with Crippen molar-refractivity contribution in [3.8, 4) is 11.4 Å². The van der Waals surface area contributed by atoms with E-state index in [1.165, 1.54) is 25.3 Å². The number of benzene rings is 1. The summed E-state index contributed by atoms with van der Waals surface area (Å²) < 4.78 is 39.5. The van der Waals surface area contributed by atoms with Gasteiger partial charge in [0.15, 0.2) is 5.82 Å². The Balaban J connectivity index is 1.79. The van der Waals surface area contributed by atoms with Crippen LogP contribution in [0.15, 0.2) is 24.3 Å². The Morgan fingerprint density at radius 3 is 2.50 bits per heavy atom. The van der Waals surface area contributed by atoms with Crippen LogP contribution in [0.5, 0.6) is 0 Å². The minimum Gasteiger partial charge on any atom is -0.362 e. The molecule has 1 saturated carbocycles. The molecule has 7 heteroatoms. The summed E-state index contributed by atoms with van der Waals surface area (Å²) in [5.41, 5.74) is 0.826. The Bertz CT molecular complexity index is 857. The number of anilines is 2. The smallest absolute Gasteiger partial charge is 0.362 e.